The molecule has 1 saturated heterocycles. The van der Waals surface area contributed by atoms with Crippen molar-refractivity contribution in [3.8, 4) is 0 Å². The Morgan fingerprint density at radius 1 is 1.04 bits per heavy atom. The maximum Gasteiger partial charge on any atom is 0.250 e. The first-order chi connectivity index (χ1) is 13.7. The number of piperidine rings is 1. The fraction of sp³-hybridized carbons (Fsp3) is 0.304. The molecule has 0 unspecified atom stereocenters. The number of benzene rings is 2. The molecule has 0 saturated carbocycles. The van der Waals surface area contributed by atoms with Gasteiger partial charge >= 0.3 is 0 Å². The Morgan fingerprint density at radius 2 is 1.82 bits per heavy atom. The highest BCUT2D eigenvalue weighted by Gasteiger charge is 2.22. The molecular weight excluding hydrogens is 366 g/mol. The van der Waals surface area contributed by atoms with Crippen LogP contribution in [0.4, 0.5) is 5.13 Å². The van der Waals surface area contributed by atoms with Gasteiger partial charge in [-0.25, -0.2) is 4.98 Å². The normalized spacial score (nSPS) is 15.5. The number of hydrogen-bond donors (Lipinski definition) is 0. The molecule has 0 spiro atoms. The van der Waals surface area contributed by atoms with Crippen LogP contribution in [0.25, 0.3) is 21.1 Å². The number of nitrogens with zero attached hydrogens (tertiary/aromatic N) is 3. The molecular formula is C23H23N3OS. The lowest BCUT2D eigenvalue weighted by atomic mass is 9.90. The van der Waals surface area contributed by atoms with E-state index in [1.807, 2.05) is 25.2 Å². The van der Waals surface area contributed by atoms with Crippen LogP contribution in [0.3, 0.4) is 0 Å². The third-order valence-corrected chi connectivity index (χ3v) is 7.06. The standard InChI is InChI=1S/C23H23N3OS/c1-25-20-9-8-19-22(18(20)7-10-21(25)27)28-23(24-19)26-13-11-17(12-14-26)15-16-5-3-2-4-6-16/h2-10,17H,11-15H2,1H3. The van der Waals surface area contributed by atoms with E-state index in [1.54, 1.807) is 22.0 Å². The predicted molar refractivity (Wildman–Crippen MR) is 117 cm³/mol. The molecule has 2 aromatic heterocycles. The molecule has 1 aliphatic heterocycles. The van der Waals surface area contributed by atoms with Crippen LogP contribution in [-0.2, 0) is 13.5 Å². The summed E-state index contributed by atoms with van der Waals surface area (Å²) in [5.41, 5.74) is 3.46. The van der Waals surface area contributed by atoms with Gasteiger partial charge in [0.25, 0.3) is 5.56 Å². The van der Waals surface area contributed by atoms with Crippen molar-refractivity contribution < 1.29 is 0 Å². The number of fused-ring (bicyclic) bond motifs is 3. The molecule has 4 aromatic rings. The summed E-state index contributed by atoms with van der Waals surface area (Å²) < 4.78 is 2.89. The minimum absolute atomic E-state index is 0.0251. The van der Waals surface area contributed by atoms with Crippen molar-refractivity contribution in [2.24, 2.45) is 13.0 Å². The summed E-state index contributed by atoms with van der Waals surface area (Å²) >= 11 is 1.75. The number of thiazole rings is 1. The van der Waals surface area contributed by atoms with Crippen LogP contribution in [0.15, 0.2) is 59.4 Å². The van der Waals surface area contributed by atoms with E-state index >= 15 is 0 Å². The van der Waals surface area contributed by atoms with Gasteiger partial charge in [0.05, 0.1) is 15.7 Å². The van der Waals surface area contributed by atoms with Crippen molar-refractivity contribution in [2.75, 3.05) is 18.0 Å². The van der Waals surface area contributed by atoms with E-state index in [0.29, 0.717) is 0 Å². The second-order valence-corrected chi connectivity index (χ2v) is 8.67. The molecule has 5 rings (SSSR count). The van der Waals surface area contributed by atoms with Gasteiger partial charge in [0.15, 0.2) is 5.13 Å². The number of anilines is 1. The van der Waals surface area contributed by atoms with Gasteiger partial charge in [-0.15, -0.1) is 0 Å². The Hall–Kier alpha value is -2.66. The topological polar surface area (TPSA) is 38.1 Å². The van der Waals surface area contributed by atoms with E-state index in [2.05, 4.69) is 35.2 Å². The molecule has 142 valence electrons. The van der Waals surface area contributed by atoms with Gasteiger partial charge in [0.1, 0.15) is 0 Å². The van der Waals surface area contributed by atoms with Crippen molar-refractivity contribution in [1.82, 2.24) is 9.55 Å². The van der Waals surface area contributed by atoms with Crippen LogP contribution < -0.4 is 10.5 Å². The van der Waals surface area contributed by atoms with Crippen LogP contribution in [-0.4, -0.2) is 22.6 Å². The third kappa shape index (κ3) is 3.10. The quantitative estimate of drug-likeness (QED) is 0.514. The lowest BCUT2D eigenvalue weighted by Gasteiger charge is -2.31. The Morgan fingerprint density at radius 3 is 2.61 bits per heavy atom. The Bertz CT molecular complexity index is 1190. The molecule has 0 bridgehead atoms. The predicted octanol–water partition coefficient (Wildman–Crippen LogP) is 4.61. The highest BCUT2D eigenvalue weighted by atomic mass is 32.1. The van der Waals surface area contributed by atoms with E-state index in [-0.39, 0.29) is 5.56 Å². The van der Waals surface area contributed by atoms with Gasteiger partial charge in [-0.2, -0.15) is 0 Å². The molecule has 0 amide bonds. The minimum atomic E-state index is 0.0251. The molecule has 1 aliphatic rings. The molecule has 4 nitrogen and oxygen atoms in total. The van der Waals surface area contributed by atoms with Crippen LogP contribution in [0, 0.1) is 5.92 Å². The van der Waals surface area contributed by atoms with E-state index in [1.165, 1.54) is 29.5 Å². The molecule has 5 heteroatoms. The molecule has 28 heavy (non-hydrogen) atoms. The molecule has 3 heterocycles. The monoisotopic (exact) mass is 389 g/mol. The molecule has 1 fully saturated rings. The smallest absolute Gasteiger partial charge is 0.250 e. The summed E-state index contributed by atoms with van der Waals surface area (Å²) in [6.07, 6.45) is 3.59. The molecule has 0 atom stereocenters. The van der Waals surface area contributed by atoms with Gasteiger partial charge < -0.3 is 9.47 Å². The summed E-state index contributed by atoms with van der Waals surface area (Å²) in [5, 5.41) is 2.22. The van der Waals surface area contributed by atoms with Gasteiger partial charge in [0, 0.05) is 31.6 Å². The van der Waals surface area contributed by atoms with E-state index in [4.69, 9.17) is 4.98 Å². The second kappa shape index (κ2) is 7.06. The van der Waals surface area contributed by atoms with Crippen LogP contribution in [0.5, 0.6) is 0 Å². The van der Waals surface area contributed by atoms with E-state index in [9.17, 15) is 4.79 Å². The van der Waals surface area contributed by atoms with Crippen molar-refractivity contribution in [3.05, 3.63) is 70.5 Å². The Labute approximate surface area is 168 Å². The fourth-order valence-electron chi connectivity index (χ4n) is 4.24. The Kier molecular flexibility index (Phi) is 4.40. The highest BCUT2D eigenvalue weighted by Crippen LogP contribution is 2.35. The zero-order valence-corrected chi connectivity index (χ0v) is 16.8. The third-order valence-electron chi connectivity index (χ3n) is 5.90. The summed E-state index contributed by atoms with van der Waals surface area (Å²) in [6, 6.07) is 18.5. The second-order valence-electron chi connectivity index (χ2n) is 7.69. The summed E-state index contributed by atoms with van der Waals surface area (Å²) in [5.74, 6) is 0.753. The summed E-state index contributed by atoms with van der Waals surface area (Å²) in [6.45, 7) is 2.13. The average molecular weight is 390 g/mol. The van der Waals surface area contributed by atoms with Gasteiger partial charge in [0.2, 0.25) is 0 Å². The van der Waals surface area contributed by atoms with Crippen molar-refractivity contribution >= 4 is 37.6 Å². The van der Waals surface area contributed by atoms with E-state index in [0.717, 1.165) is 40.6 Å². The van der Waals surface area contributed by atoms with E-state index < -0.39 is 0 Å². The maximum atomic E-state index is 11.9. The molecule has 0 N–H and O–H groups in total. The number of aryl methyl sites for hydroxylation is 1. The number of aromatic nitrogens is 2. The van der Waals surface area contributed by atoms with Gasteiger partial charge in [-0.1, -0.05) is 41.7 Å². The van der Waals surface area contributed by atoms with Crippen LogP contribution >= 0.6 is 11.3 Å². The first-order valence-corrected chi connectivity index (χ1v) is 10.7. The summed E-state index contributed by atoms with van der Waals surface area (Å²) in [4.78, 5) is 19.3. The first-order valence-electron chi connectivity index (χ1n) is 9.87. The molecule has 0 aliphatic carbocycles. The van der Waals surface area contributed by atoms with Gasteiger partial charge in [-0.3, -0.25) is 4.79 Å². The molecule has 0 radical (unpaired) electrons. The highest BCUT2D eigenvalue weighted by molar-refractivity contribution is 7.23. The fourth-order valence-corrected chi connectivity index (χ4v) is 5.38. The van der Waals surface area contributed by atoms with Crippen molar-refractivity contribution in [1.29, 1.82) is 0 Å². The van der Waals surface area contributed by atoms with Crippen molar-refractivity contribution in [2.45, 2.75) is 19.3 Å². The largest absolute Gasteiger partial charge is 0.348 e. The SMILES string of the molecule is Cn1c(=O)ccc2c3sc(N4CCC(Cc5ccccc5)CC4)nc3ccc21. The lowest BCUT2D eigenvalue weighted by molar-refractivity contribution is 0.403. The van der Waals surface area contributed by atoms with Gasteiger partial charge in [-0.05, 0) is 48.9 Å². The number of rotatable bonds is 3. The Balaban J connectivity index is 1.38. The lowest BCUT2D eigenvalue weighted by Crippen LogP contribution is -2.34. The number of pyridine rings is 1. The minimum Gasteiger partial charge on any atom is -0.348 e. The molecule has 2 aromatic carbocycles. The zero-order chi connectivity index (χ0) is 19.1. The van der Waals surface area contributed by atoms with Crippen LogP contribution in [0.2, 0.25) is 0 Å². The summed E-state index contributed by atoms with van der Waals surface area (Å²) in [7, 11) is 1.83. The maximum absolute atomic E-state index is 11.9. The number of hydrogen-bond acceptors (Lipinski definition) is 4. The van der Waals surface area contributed by atoms with Crippen molar-refractivity contribution in [3.63, 3.8) is 0 Å². The van der Waals surface area contributed by atoms with Crippen LogP contribution in [0.1, 0.15) is 18.4 Å². The average Bonchev–Trinajstić information content (AvgIpc) is 3.17. The zero-order valence-electron chi connectivity index (χ0n) is 16.0. The first kappa shape index (κ1) is 17.4.